The number of nitrogens with zero attached hydrogens (tertiary/aromatic N) is 2. The number of carbonyl (C=O) groups excluding carboxylic acids is 2. The van der Waals surface area contributed by atoms with Gasteiger partial charge in [0.2, 0.25) is 0 Å². The molecule has 0 aromatic heterocycles. The summed E-state index contributed by atoms with van der Waals surface area (Å²) in [6.07, 6.45) is -2.11. The molecule has 2 aliphatic heterocycles. The normalized spacial score (nSPS) is 25.6. The zero-order valence-corrected chi connectivity index (χ0v) is 21.1. The highest BCUT2D eigenvalue weighted by atomic mass is 79.9. The molecule has 0 N–H and O–H groups in total. The number of hydrogen-bond acceptors (Lipinski definition) is 4. The van der Waals surface area contributed by atoms with E-state index in [0.717, 1.165) is 55.0 Å². The van der Waals surface area contributed by atoms with Gasteiger partial charge in [-0.25, -0.2) is 0 Å². The lowest BCUT2D eigenvalue weighted by Crippen LogP contribution is -2.53. The maximum Gasteiger partial charge on any atom is 0.430 e. The van der Waals surface area contributed by atoms with Crippen molar-refractivity contribution in [2.75, 3.05) is 27.7 Å². The highest BCUT2D eigenvalue weighted by molar-refractivity contribution is 9.11. The van der Waals surface area contributed by atoms with E-state index in [1.807, 2.05) is 18.0 Å². The number of ether oxygens (including phenoxy) is 1. The molecule has 0 bridgehead atoms. The molecule has 0 aliphatic carbocycles. The molecule has 30 heavy (non-hydrogen) atoms. The fourth-order valence-corrected chi connectivity index (χ4v) is 6.87. The lowest BCUT2D eigenvalue weighted by Gasteiger charge is -2.36. The molecule has 12 heteroatoms. The Kier molecular flexibility index (Phi) is 7.91. The van der Waals surface area contributed by atoms with Crippen LogP contribution in [-0.2, 0) is 16.0 Å². The van der Waals surface area contributed by atoms with E-state index in [9.17, 15) is 18.0 Å². The zero-order chi connectivity index (χ0) is 23.0. The van der Waals surface area contributed by atoms with Gasteiger partial charge < -0.3 is 14.6 Å². The molecule has 3 rings (SSSR count). The van der Waals surface area contributed by atoms with E-state index in [-0.39, 0.29) is 18.1 Å². The summed E-state index contributed by atoms with van der Waals surface area (Å²) in [4.78, 5) is 23.3. The SMILES string of the molecule is COc1c(Br)cc(Br)c(C[C@@H]2N(C)C(=O)[C@@H]3CCC[N@+]23C)c1Br.O=C([O-])C(F)(F)F. The lowest BCUT2D eigenvalue weighted by molar-refractivity contribution is -0.933. The number of benzene rings is 1. The number of rotatable bonds is 3. The molecule has 2 fully saturated rings. The van der Waals surface area contributed by atoms with Gasteiger partial charge in [0.1, 0.15) is 11.7 Å². The number of methoxy groups -OCH3 is 1. The largest absolute Gasteiger partial charge is 0.542 e. The molecule has 0 unspecified atom stereocenters. The second kappa shape index (κ2) is 9.33. The molecule has 168 valence electrons. The molecule has 2 heterocycles. The van der Waals surface area contributed by atoms with Crippen LogP contribution in [0.1, 0.15) is 18.4 Å². The molecular formula is C18H20Br3F3N2O4. The van der Waals surface area contributed by atoms with E-state index in [1.54, 1.807) is 7.11 Å². The summed E-state index contributed by atoms with van der Waals surface area (Å²) in [7, 11) is 5.83. The molecule has 6 nitrogen and oxygen atoms in total. The Labute approximate surface area is 197 Å². The fourth-order valence-electron chi connectivity index (χ4n) is 4.10. The highest BCUT2D eigenvalue weighted by Gasteiger charge is 2.57. The molecule has 0 saturated carbocycles. The van der Waals surface area contributed by atoms with Crippen molar-refractivity contribution in [2.24, 2.45) is 0 Å². The molecule has 1 aromatic rings. The number of aliphatic carboxylic acids is 1. The second-order valence-corrected chi connectivity index (χ2v) is 9.82. The van der Waals surface area contributed by atoms with Crippen LogP contribution in [0.15, 0.2) is 19.5 Å². The lowest BCUT2D eigenvalue weighted by atomic mass is 10.1. The van der Waals surface area contributed by atoms with Crippen molar-refractivity contribution in [3.05, 3.63) is 25.0 Å². The maximum absolute atomic E-state index is 12.6. The summed E-state index contributed by atoms with van der Waals surface area (Å²) in [5, 5.41) is 8.78. The number of quaternary nitrogens is 1. The standard InChI is InChI=1S/C16H20Br3N2O2.C2HF3O2/c1-20-13(21(2)6-4-5-12(21)16(20)22)7-9-10(17)8-11(18)15(23-3)14(9)19;3-2(4,5)1(6)7/h8,12-13H,4-7H2,1-3H3;(H,6,7)/q+1;/p-1/t12-,13+,21-;/m0./s1. The minimum Gasteiger partial charge on any atom is -0.542 e. The number of carboxylic acids is 1. The molecule has 3 atom stereocenters. The molecule has 0 radical (unpaired) electrons. The van der Waals surface area contributed by atoms with Gasteiger partial charge in [-0.3, -0.25) is 14.2 Å². The highest BCUT2D eigenvalue weighted by Crippen LogP contribution is 2.44. The Balaban J connectivity index is 0.000000396. The van der Waals surface area contributed by atoms with Crippen molar-refractivity contribution in [2.45, 2.75) is 37.6 Å². The average Bonchev–Trinajstić information content (AvgIpc) is 3.09. The van der Waals surface area contributed by atoms with Gasteiger partial charge in [0.05, 0.1) is 29.6 Å². The predicted molar refractivity (Wildman–Crippen MR) is 111 cm³/mol. The minimum absolute atomic E-state index is 0.125. The Morgan fingerprint density at radius 3 is 2.40 bits per heavy atom. The van der Waals surface area contributed by atoms with E-state index >= 15 is 0 Å². The number of amides is 1. The van der Waals surface area contributed by atoms with Gasteiger partial charge in [-0.1, -0.05) is 15.9 Å². The van der Waals surface area contributed by atoms with E-state index in [0.29, 0.717) is 0 Å². The fraction of sp³-hybridized carbons (Fsp3) is 0.556. The summed E-state index contributed by atoms with van der Waals surface area (Å²) < 4.78 is 40.7. The third-order valence-corrected chi connectivity index (χ3v) is 7.77. The average molecular weight is 625 g/mol. The first kappa shape index (κ1) is 25.4. The number of halogens is 6. The van der Waals surface area contributed by atoms with Gasteiger partial charge in [0.25, 0.3) is 5.91 Å². The number of likely N-dealkylation sites (N-methyl/N-ethyl adjacent to an activating group) is 2. The first-order chi connectivity index (χ1) is 13.8. The van der Waals surface area contributed by atoms with Crippen LogP contribution >= 0.6 is 47.8 Å². The third-order valence-electron chi connectivity index (χ3n) is 5.64. The summed E-state index contributed by atoms with van der Waals surface area (Å²) in [5.41, 5.74) is 1.14. The van der Waals surface area contributed by atoms with Crippen molar-refractivity contribution in [3.63, 3.8) is 0 Å². The summed E-state index contributed by atoms with van der Waals surface area (Å²) in [6.45, 7) is 1.06. The van der Waals surface area contributed by atoms with Crippen molar-refractivity contribution >= 4 is 59.7 Å². The number of carbonyl (C=O) groups is 2. The number of hydrogen-bond donors (Lipinski definition) is 0. The van der Waals surface area contributed by atoms with Gasteiger partial charge in [0, 0.05) is 30.8 Å². The molecule has 1 aromatic carbocycles. The van der Waals surface area contributed by atoms with Gasteiger partial charge >= 0.3 is 6.18 Å². The first-order valence-electron chi connectivity index (χ1n) is 8.85. The van der Waals surface area contributed by atoms with Gasteiger partial charge in [-0.05, 0) is 43.5 Å². The Morgan fingerprint density at radius 1 is 1.33 bits per heavy atom. The topological polar surface area (TPSA) is 69.7 Å². The Morgan fingerprint density at radius 2 is 1.90 bits per heavy atom. The van der Waals surface area contributed by atoms with E-state index in [2.05, 4.69) is 54.8 Å². The van der Waals surface area contributed by atoms with Gasteiger partial charge in [-0.15, -0.1) is 0 Å². The van der Waals surface area contributed by atoms with E-state index < -0.39 is 12.1 Å². The van der Waals surface area contributed by atoms with Crippen LogP contribution in [0.25, 0.3) is 0 Å². The van der Waals surface area contributed by atoms with Crippen LogP contribution in [0.4, 0.5) is 13.2 Å². The maximum atomic E-state index is 12.6. The van der Waals surface area contributed by atoms with Crippen molar-refractivity contribution in [1.82, 2.24) is 4.90 Å². The summed E-state index contributed by atoms with van der Waals surface area (Å²) >= 11 is 10.9. The van der Waals surface area contributed by atoms with Crippen molar-refractivity contribution < 1.29 is 37.1 Å². The van der Waals surface area contributed by atoms with Crippen LogP contribution in [0.5, 0.6) is 5.75 Å². The molecule has 2 aliphatic rings. The predicted octanol–water partition coefficient (Wildman–Crippen LogP) is 3.23. The first-order valence-corrected chi connectivity index (χ1v) is 11.2. The second-order valence-electron chi connectivity index (χ2n) is 7.31. The molecule has 2 saturated heterocycles. The van der Waals surface area contributed by atoms with Crippen LogP contribution in [-0.4, -0.2) is 67.4 Å². The van der Waals surface area contributed by atoms with Crippen LogP contribution < -0.4 is 9.84 Å². The van der Waals surface area contributed by atoms with Crippen LogP contribution in [0.3, 0.4) is 0 Å². The van der Waals surface area contributed by atoms with Crippen molar-refractivity contribution in [1.29, 1.82) is 0 Å². The smallest absolute Gasteiger partial charge is 0.430 e. The summed E-state index contributed by atoms with van der Waals surface area (Å²) in [5.74, 6) is -1.94. The van der Waals surface area contributed by atoms with Crippen LogP contribution in [0.2, 0.25) is 0 Å². The number of carboxylic acid groups (broad SMARTS) is 1. The third kappa shape index (κ3) is 4.81. The van der Waals surface area contributed by atoms with Crippen LogP contribution in [0, 0.1) is 0 Å². The summed E-state index contributed by atoms with van der Waals surface area (Å²) in [6, 6.07) is 2.14. The van der Waals surface area contributed by atoms with Crippen molar-refractivity contribution in [3.8, 4) is 5.75 Å². The minimum atomic E-state index is -5.19. The quantitative estimate of drug-likeness (QED) is 0.485. The Hall–Kier alpha value is -0.850. The Bertz CT molecular complexity index is 853. The van der Waals surface area contributed by atoms with E-state index in [1.165, 1.54) is 0 Å². The monoisotopic (exact) mass is 622 g/mol. The number of fused-ring (bicyclic) bond motifs is 1. The molecule has 0 spiro atoms. The number of alkyl halides is 3. The van der Waals surface area contributed by atoms with Gasteiger partial charge in [0.15, 0.2) is 12.2 Å². The molecular weight excluding hydrogens is 605 g/mol. The van der Waals surface area contributed by atoms with Gasteiger partial charge in [-0.2, -0.15) is 13.2 Å². The van der Waals surface area contributed by atoms with E-state index in [4.69, 9.17) is 14.6 Å². The molecule has 1 amide bonds. The zero-order valence-electron chi connectivity index (χ0n) is 16.4.